The predicted molar refractivity (Wildman–Crippen MR) is 118 cm³/mol. The molecule has 28 heavy (non-hydrogen) atoms. The Morgan fingerprint density at radius 3 is 2.54 bits per heavy atom. The van der Waals surface area contributed by atoms with E-state index in [-0.39, 0.29) is 11.3 Å². The lowest BCUT2D eigenvalue weighted by atomic mass is 9.85. The van der Waals surface area contributed by atoms with Crippen molar-refractivity contribution < 1.29 is 4.79 Å². The van der Waals surface area contributed by atoms with E-state index in [1.165, 1.54) is 32.5 Å². The van der Waals surface area contributed by atoms with Gasteiger partial charge in [0.15, 0.2) is 5.96 Å². The van der Waals surface area contributed by atoms with Gasteiger partial charge in [0.25, 0.3) is 0 Å². The maximum atomic E-state index is 12.8. The Labute approximate surface area is 172 Å². The van der Waals surface area contributed by atoms with E-state index >= 15 is 0 Å². The van der Waals surface area contributed by atoms with E-state index in [4.69, 9.17) is 4.99 Å². The third-order valence-corrected chi connectivity index (χ3v) is 6.09. The monoisotopic (exact) mass is 393 g/mol. The van der Waals surface area contributed by atoms with Crippen molar-refractivity contribution >= 4 is 11.9 Å². The number of carbonyl (C=O) groups excluding carboxylic acids is 1. The number of amides is 1. The molecule has 1 saturated heterocycles. The standard InChI is InChI=1S/C22H43N5O/c1-6-23-21(24-14-19-10-9-13-27(16-19)15-18(2)3)25-17-22(11-7-8-12-22)20(28)26(4)5/h18-19H,6-17H2,1-5H3,(H2,23,24,25). The van der Waals surface area contributed by atoms with E-state index in [1.54, 1.807) is 4.90 Å². The number of aliphatic imine (C=N–C) groups is 1. The SMILES string of the molecule is CCNC(=NCC1(C(=O)N(C)C)CCCC1)NCC1CCCN(CC(C)C)C1. The third-order valence-electron chi connectivity index (χ3n) is 6.09. The van der Waals surface area contributed by atoms with Crippen LogP contribution in [0.2, 0.25) is 0 Å². The molecular formula is C22H43N5O. The topological polar surface area (TPSA) is 60.0 Å². The lowest BCUT2D eigenvalue weighted by Gasteiger charge is -2.34. The lowest BCUT2D eigenvalue weighted by Crippen LogP contribution is -2.46. The molecule has 1 unspecified atom stereocenters. The van der Waals surface area contributed by atoms with Crippen molar-refractivity contribution in [3.8, 4) is 0 Å². The van der Waals surface area contributed by atoms with Crippen LogP contribution in [-0.4, -0.2) is 75.0 Å². The summed E-state index contributed by atoms with van der Waals surface area (Å²) in [6, 6.07) is 0. The van der Waals surface area contributed by atoms with Gasteiger partial charge in [-0.25, -0.2) is 0 Å². The molecule has 1 amide bonds. The van der Waals surface area contributed by atoms with E-state index < -0.39 is 0 Å². The molecule has 0 spiro atoms. The Morgan fingerprint density at radius 1 is 1.21 bits per heavy atom. The molecule has 1 heterocycles. The number of guanidine groups is 1. The zero-order valence-corrected chi connectivity index (χ0v) is 18.9. The van der Waals surface area contributed by atoms with Gasteiger partial charge < -0.3 is 20.4 Å². The molecule has 1 saturated carbocycles. The summed E-state index contributed by atoms with van der Waals surface area (Å²) >= 11 is 0. The summed E-state index contributed by atoms with van der Waals surface area (Å²) in [4.78, 5) is 22.0. The van der Waals surface area contributed by atoms with Crippen LogP contribution in [0.3, 0.4) is 0 Å². The van der Waals surface area contributed by atoms with E-state index in [9.17, 15) is 4.79 Å². The molecule has 0 aromatic carbocycles. The highest BCUT2D eigenvalue weighted by Crippen LogP contribution is 2.39. The van der Waals surface area contributed by atoms with Crippen LogP contribution in [0.25, 0.3) is 0 Å². The Balaban J connectivity index is 1.93. The maximum Gasteiger partial charge on any atom is 0.230 e. The second-order valence-electron chi connectivity index (χ2n) is 9.42. The van der Waals surface area contributed by atoms with E-state index in [0.29, 0.717) is 12.5 Å². The molecule has 1 aliphatic heterocycles. The minimum Gasteiger partial charge on any atom is -0.357 e. The molecule has 0 bridgehead atoms. The second-order valence-corrected chi connectivity index (χ2v) is 9.42. The van der Waals surface area contributed by atoms with Gasteiger partial charge in [-0.3, -0.25) is 9.79 Å². The summed E-state index contributed by atoms with van der Waals surface area (Å²) in [6.45, 7) is 12.7. The van der Waals surface area contributed by atoms with Crippen molar-refractivity contribution in [2.45, 2.75) is 59.3 Å². The molecule has 2 fully saturated rings. The third kappa shape index (κ3) is 6.64. The number of nitrogens with one attached hydrogen (secondary N) is 2. The average molecular weight is 394 g/mol. The number of rotatable bonds is 8. The molecule has 1 atom stereocenters. The van der Waals surface area contributed by atoms with Gasteiger partial charge in [0.05, 0.1) is 12.0 Å². The van der Waals surface area contributed by atoms with Gasteiger partial charge in [0.2, 0.25) is 5.91 Å². The van der Waals surface area contributed by atoms with Gasteiger partial charge >= 0.3 is 0 Å². The van der Waals surface area contributed by atoms with Gasteiger partial charge in [0.1, 0.15) is 0 Å². The fourth-order valence-electron chi connectivity index (χ4n) is 4.78. The maximum absolute atomic E-state index is 12.8. The number of nitrogens with zero attached hydrogens (tertiary/aromatic N) is 3. The first-order valence-corrected chi connectivity index (χ1v) is 11.3. The average Bonchev–Trinajstić information content (AvgIpc) is 3.13. The Kier molecular flexibility index (Phi) is 9.06. The first-order valence-electron chi connectivity index (χ1n) is 11.3. The van der Waals surface area contributed by atoms with Gasteiger partial charge in [-0.2, -0.15) is 0 Å². The number of likely N-dealkylation sites (tertiary alicyclic amines) is 1. The molecule has 6 heteroatoms. The van der Waals surface area contributed by atoms with E-state index in [2.05, 4.69) is 36.3 Å². The Hall–Kier alpha value is -1.30. The number of piperidine rings is 1. The predicted octanol–water partition coefficient (Wildman–Crippen LogP) is 2.56. The van der Waals surface area contributed by atoms with Crippen molar-refractivity contribution in [3.05, 3.63) is 0 Å². The minimum atomic E-state index is -0.301. The van der Waals surface area contributed by atoms with Crippen LogP contribution in [0.5, 0.6) is 0 Å². The van der Waals surface area contributed by atoms with Crippen LogP contribution in [0, 0.1) is 17.3 Å². The van der Waals surface area contributed by atoms with Crippen molar-refractivity contribution in [2.75, 3.05) is 53.4 Å². The van der Waals surface area contributed by atoms with Gasteiger partial charge in [-0.1, -0.05) is 26.7 Å². The van der Waals surface area contributed by atoms with Crippen molar-refractivity contribution in [1.82, 2.24) is 20.4 Å². The van der Waals surface area contributed by atoms with Crippen molar-refractivity contribution in [2.24, 2.45) is 22.2 Å². The highest BCUT2D eigenvalue weighted by Gasteiger charge is 2.42. The fraction of sp³-hybridized carbons (Fsp3) is 0.909. The fourth-order valence-corrected chi connectivity index (χ4v) is 4.78. The van der Waals surface area contributed by atoms with E-state index in [0.717, 1.165) is 50.7 Å². The molecule has 2 N–H and O–H groups in total. The Morgan fingerprint density at radius 2 is 1.93 bits per heavy atom. The number of hydrogen-bond donors (Lipinski definition) is 2. The molecule has 0 aromatic heterocycles. The van der Waals surface area contributed by atoms with Crippen LogP contribution in [0.4, 0.5) is 0 Å². The van der Waals surface area contributed by atoms with Crippen LogP contribution >= 0.6 is 0 Å². The zero-order valence-electron chi connectivity index (χ0n) is 18.9. The van der Waals surface area contributed by atoms with Crippen LogP contribution in [0.15, 0.2) is 4.99 Å². The summed E-state index contributed by atoms with van der Waals surface area (Å²) in [6.07, 6.45) is 6.75. The van der Waals surface area contributed by atoms with Crippen molar-refractivity contribution in [3.63, 3.8) is 0 Å². The van der Waals surface area contributed by atoms with E-state index in [1.807, 2.05) is 14.1 Å². The van der Waals surface area contributed by atoms with Crippen LogP contribution in [0.1, 0.15) is 59.3 Å². The highest BCUT2D eigenvalue weighted by molar-refractivity contribution is 5.84. The summed E-state index contributed by atoms with van der Waals surface area (Å²) in [5.74, 6) is 2.49. The molecule has 0 aromatic rings. The van der Waals surface area contributed by atoms with Crippen molar-refractivity contribution in [1.29, 1.82) is 0 Å². The summed E-state index contributed by atoms with van der Waals surface area (Å²) in [5, 5.41) is 6.94. The summed E-state index contributed by atoms with van der Waals surface area (Å²) < 4.78 is 0. The van der Waals surface area contributed by atoms with Gasteiger partial charge in [0, 0.05) is 40.3 Å². The Bertz CT molecular complexity index is 511. The second kappa shape index (κ2) is 11.0. The first-order chi connectivity index (χ1) is 13.4. The molecular weight excluding hydrogens is 350 g/mol. The first kappa shape index (κ1) is 23.0. The molecule has 1 aliphatic carbocycles. The minimum absolute atomic E-state index is 0.237. The van der Waals surface area contributed by atoms with Gasteiger partial charge in [-0.05, 0) is 51.0 Å². The molecule has 6 nitrogen and oxygen atoms in total. The highest BCUT2D eigenvalue weighted by atomic mass is 16.2. The molecule has 2 rings (SSSR count). The lowest BCUT2D eigenvalue weighted by molar-refractivity contribution is -0.138. The van der Waals surface area contributed by atoms with Gasteiger partial charge in [-0.15, -0.1) is 0 Å². The largest absolute Gasteiger partial charge is 0.357 e. The van der Waals surface area contributed by atoms with Crippen LogP contribution in [-0.2, 0) is 4.79 Å². The molecule has 162 valence electrons. The summed E-state index contributed by atoms with van der Waals surface area (Å²) in [5.41, 5.74) is -0.301. The molecule has 2 aliphatic rings. The summed E-state index contributed by atoms with van der Waals surface area (Å²) in [7, 11) is 3.73. The van der Waals surface area contributed by atoms with Crippen LogP contribution < -0.4 is 10.6 Å². The quantitative estimate of drug-likeness (QED) is 0.491. The smallest absolute Gasteiger partial charge is 0.230 e. The normalized spacial score (nSPS) is 23.1. The number of carbonyl (C=O) groups is 1. The molecule has 0 radical (unpaired) electrons. The zero-order chi connectivity index (χ0) is 20.6. The number of hydrogen-bond acceptors (Lipinski definition) is 3.